The summed E-state index contributed by atoms with van der Waals surface area (Å²) in [6, 6.07) is 22.2. The molecule has 0 radical (unpaired) electrons. The molecule has 0 saturated heterocycles. The smallest absolute Gasteiger partial charge is 0.257 e. The number of amides is 1. The summed E-state index contributed by atoms with van der Waals surface area (Å²) in [7, 11) is 0. The van der Waals surface area contributed by atoms with Crippen LogP contribution in [0, 0.1) is 0 Å². The highest BCUT2D eigenvalue weighted by atomic mass is 32.1. The first-order valence-electron chi connectivity index (χ1n) is 9.79. The minimum absolute atomic E-state index is 0.143. The molecule has 29 heavy (non-hydrogen) atoms. The molecule has 4 nitrogen and oxygen atoms in total. The minimum atomic E-state index is -0.143. The summed E-state index contributed by atoms with van der Waals surface area (Å²) in [5.74, 6) is -0.143. The Kier molecular flexibility index (Phi) is 5.58. The molecular formula is C24H23N3OS. The Morgan fingerprint density at radius 3 is 2.41 bits per heavy atom. The van der Waals surface area contributed by atoms with Crippen LogP contribution in [0.1, 0.15) is 24.2 Å². The number of carbonyl (C=O) groups is 1. The topological polar surface area (TPSA) is 45.2 Å². The highest BCUT2D eigenvalue weighted by Crippen LogP contribution is 2.28. The fourth-order valence-electron chi connectivity index (χ4n) is 3.39. The van der Waals surface area contributed by atoms with Crippen molar-refractivity contribution in [1.82, 2.24) is 4.98 Å². The van der Waals surface area contributed by atoms with E-state index in [2.05, 4.69) is 59.4 Å². The van der Waals surface area contributed by atoms with E-state index in [1.54, 1.807) is 0 Å². The second-order valence-electron chi connectivity index (χ2n) is 6.77. The van der Waals surface area contributed by atoms with Crippen molar-refractivity contribution >= 4 is 38.8 Å². The number of hydrogen-bond acceptors (Lipinski definition) is 4. The van der Waals surface area contributed by atoms with E-state index < -0.39 is 0 Å². The second-order valence-corrected chi connectivity index (χ2v) is 7.63. The molecule has 0 bridgehead atoms. The maximum Gasteiger partial charge on any atom is 0.257 e. The van der Waals surface area contributed by atoms with Crippen molar-refractivity contribution in [3.8, 4) is 11.3 Å². The van der Waals surface area contributed by atoms with Gasteiger partial charge in [-0.1, -0.05) is 36.4 Å². The molecule has 146 valence electrons. The maximum atomic E-state index is 12.6. The van der Waals surface area contributed by atoms with Crippen LogP contribution in [-0.2, 0) is 0 Å². The van der Waals surface area contributed by atoms with E-state index >= 15 is 0 Å². The van der Waals surface area contributed by atoms with Crippen LogP contribution in [0.3, 0.4) is 0 Å². The average Bonchev–Trinajstić information content (AvgIpc) is 3.23. The number of nitrogens with one attached hydrogen (secondary N) is 1. The molecule has 1 heterocycles. The molecule has 0 saturated carbocycles. The number of benzene rings is 3. The highest BCUT2D eigenvalue weighted by Gasteiger charge is 2.11. The molecule has 0 aliphatic heterocycles. The minimum Gasteiger partial charge on any atom is -0.372 e. The van der Waals surface area contributed by atoms with Crippen LogP contribution < -0.4 is 10.2 Å². The quantitative estimate of drug-likeness (QED) is 0.427. The van der Waals surface area contributed by atoms with Crippen LogP contribution in [0.25, 0.3) is 22.0 Å². The third-order valence-corrected chi connectivity index (χ3v) is 5.79. The van der Waals surface area contributed by atoms with Crippen LogP contribution in [-0.4, -0.2) is 24.0 Å². The van der Waals surface area contributed by atoms with E-state index in [0.29, 0.717) is 10.7 Å². The lowest BCUT2D eigenvalue weighted by atomic mass is 10.1. The summed E-state index contributed by atoms with van der Waals surface area (Å²) >= 11 is 1.44. The van der Waals surface area contributed by atoms with Gasteiger partial charge in [-0.15, -0.1) is 11.3 Å². The number of rotatable bonds is 6. The predicted molar refractivity (Wildman–Crippen MR) is 123 cm³/mol. The zero-order valence-electron chi connectivity index (χ0n) is 16.6. The van der Waals surface area contributed by atoms with Crippen LogP contribution in [0.15, 0.2) is 72.1 Å². The van der Waals surface area contributed by atoms with E-state index in [9.17, 15) is 4.79 Å². The zero-order chi connectivity index (χ0) is 20.2. The molecule has 3 aromatic carbocycles. The first-order valence-corrected chi connectivity index (χ1v) is 10.7. The van der Waals surface area contributed by atoms with Gasteiger partial charge >= 0.3 is 0 Å². The Bertz CT molecular complexity index is 1130. The van der Waals surface area contributed by atoms with E-state index in [4.69, 9.17) is 0 Å². The molecule has 0 spiro atoms. The van der Waals surface area contributed by atoms with Crippen LogP contribution >= 0.6 is 11.3 Å². The van der Waals surface area contributed by atoms with Crippen molar-refractivity contribution in [3.05, 3.63) is 77.7 Å². The molecule has 0 atom stereocenters. The molecule has 1 aromatic heterocycles. The number of aromatic nitrogens is 1. The van der Waals surface area contributed by atoms with E-state index in [1.165, 1.54) is 22.1 Å². The molecule has 0 aliphatic rings. The Balaban J connectivity index is 1.49. The van der Waals surface area contributed by atoms with Gasteiger partial charge in [-0.05, 0) is 55.0 Å². The number of thiazole rings is 1. The van der Waals surface area contributed by atoms with Crippen LogP contribution in [0.2, 0.25) is 0 Å². The normalized spacial score (nSPS) is 10.8. The summed E-state index contributed by atoms with van der Waals surface area (Å²) in [5.41, 5.74) is 3.67. The van der Waals surface area contributed by atoms with Crippen molar-refractivity contribution in [1.29, 1.82) is 0 Å². The Morgan fingerprint density at radius 1 is 0.966 bits per heavy atom. The second kappa shape index (κ2) is 8.45. The van der Waals surface area contributed by atoms with Gasteiger partial charge in [0.05, 0.1) is 5.69 Å². The molecule has 1 amide bonds. The van der Waals surface area contributed by atoms with Gasteiger partial charge in [0.25, 0.3) is 5.91 Å². The first kappa shape index (κ1) is 19.2. The van der Waals surface area contributed by atoms with Gasteiger partial charge in [0.15, 0.2) is 5.13 Å². The fraction of sp³-hybridized carbons (Fsp3) is 0.167. The molecule has 0 unspecified atom stereocenters. The van der Waals surface area contributed by atoms with Crippen molar-refractivity contribution in [2.75, 3.05) is 23.3 Å². The maximum absolute atomic E-state index is 12.6. The lowest BCUT2D eigenvalue weighted by molar-refractivity contribution is 0.102. The third-order valence-electron chi connectivity index (χ3n) is 5.03. The number of nitrogens with zero attached hydrogens (tertiary/aromatic N) is 2. The monoisotopic (exact) mass is 401 g/mol. The Hall–Kier alpha value is -3.18. The van der Waals surface area contributed by atoms with Crippen molar-refractivity contribution < 1.29 is 4.79 Å². The number of carbonyl (C=O) groups excluding carboxylic acids is 1. The molecule has 5 heteroatoms. The van der Waals surface area contributed by atoms with Gasteiger partial charge in [0.2, 0.25) is 0 Å². The van der Waals surface area contributed by atoms with E-state index in [1.807, 2.05) is 41.8 Å². The number of hydrogen-bond donors (Lipinski definition) is 1. The summed E-state index contributed by atoms with van der Waals surface area (Å²) in [5, 5.41) is 7.87. The third kappa shape index (κ3) is 4.15. The SMILES string of the molecule is CCN(CC)c1ccc(C(=O)Nc2nc(-c3ccc4ccccc4c3)cs2)cc1. The van der Waals surface area contributed by atoms with E-state index in [-0.39, 0.29) is 5.91 Å². The predicted octanol–water partition coefficient (Wildman–Crippen LogP) is 6.06. The summed E-state index contributed by atoms with van der Waals surface area (Å²) < 4.78 is 0. The molecular weight excluding hydrogens is 378 g/mol. The van der Waals surface area contributed by atoms with Crippen LogP contribution in [0.4, 0.5) is 10.8 Å². The first-order chi connectivity index (χ1) is 14.2. The Labute approximate surface area is 174 Å². The fourth-order valence-corrected chi connectivity index (χ4v) is 4.11. The summed E-state index contributed by atoms with van der Waals surface area (Å²) in [6.45, 7) is 6.14. The van der Waals surface area contributed by atoms with Crippen molar-refractivity contribution in [2.45, 2.75) is 13.8 Å². The largest absolute Gasteiger partial charge is 0.372 e. The molecule has 4 rings (SSSR count). The molecule has 4 aromatic rings. The lowest BCUT2D eigenvalue weighted by Gasteiger charge is -2.20. The molecule has 0 aliphatic carbocycles. The molecule has 1 N–H and O–H groups in total. The zero-order valence-corrected chi connectivity index (χ0v) is 17.4. The van der Waals surface area contributed by atoms with Crippen LogP contribution in [0.5, 0.6) is 0 Å². The van der Waals surface area contributed by atoms with E-state index in [0.717, 1.165) is 30.0 Å². The van der Waals surface area contributed by atoms with Gasteiger partial charge in [0.1, 0.15) is 0 Å². The van der Waals surface area contributed by atoms with Gasteiger partial charge in [-0.25, -0.2) is 4.98 Å². The number of anilines is 2. The van der Waals surface area contributed by atoms with Gasteiger partial charge in [-0.2, -0.15) is 0 Å². The van der Waals surface area contributed by atoms with Gasteiger partial charge in [-0.3, -0.25) is 10.1 Å². The highest BCUT2D eigenvalue weighted by molar-refractivity contribution is 7.14. The number of fused-ring (bicyclic) bond motifs is 1. The standard InChI is InChI=1S/C24H23N3OS/c1-3-27(4-2)21-13-11-18(12-14-21)23(28)26-24-25-22(16-29-24)20-10-9-17-7-5-6-8-19(17)15-20/h5-16H,3-4H2,1-2H3,(H,25,26,28). The van der Waals surface area contributed by atoms with Crippen molar-refractivity contribution in [3.63, 3.8) is 0 Å². The Morgan fingerprint density at radius 2 is 1.69 bits per heavy atom. The summed E-state index contributed by atoms with van der Waals surface area (Å²) in [4.78, 5) is 19.4. The lowest BCUT2D eigenvalue weighted by Crippen LogP contribution is -2.21. The van der Waals surface area contributed by atoms with Gasteiger partial charge in [0, 0.05) is 35.3 Å². The molecule has 0 fully saturated rings. The summed E-state index contributed by atoms with van der Waals surface area (Å²) in [6.07, 6.45) is 0. The average molecular weight is 402 g/mol. The van der Waals surface area contributed by atoms with Crippen molar-refractivity contribution in [2.24, 2.45) is 0 Å². The van der Waals surface area contributed by atoms with Gasteiger partial charge < -0.3 is 4.90 Å².